The minimum Gasteiger partial charge on any atom is -0.741 e. The Kier molecular flexibility index (Phi) is 9.29. The lowest BCUT2D eigenvalue weighted by Crippen LogP contribution is -2.31. The molecule has 12 heteroatoms. The highest BCUT2D eigenvalue weighted by atomic mass is 32.2. The molecule has 0 saturated heterocycles. The van der Waals surface area contributed by atoms with Gasteiger partial charge in [-0.05, 0) is 60.6 Å². The summed E-state index contributed by atoms with van der Waals surface area (Å²) < 4.78 is 73.7. The van der Waals surface area contributed by atoms with E-state index in [2.05, 4.69) is 94.0 Å². The van der Waals surface area contributed by atoms with E-state index in [4.69, 9.17) is 34.4 Å². The van der Waals surface area contributed by atoms with E-state index in [-0.39, 0.29) is 5.41 Å². The molecule has 0 atom stereocenters. The largest absolute Gasteiger partial charge is 0.741 e. The molecule has 0 N–H and O–H groups in total. The van der Waals surface area contributed by atoms with Crippen LogP contribution in [0.15, 0.2) is 66.7 Å². The average molecular weight is 610 g/mol. The van der Waals surface area contributed by atoms with Gasteiger partial charge in [0.05, 0.1) is 16.3 Å². The van der Waals surface area contributed by atoms with Crippen LogP contribution in [0.1, 0.15) is 31.9 Å². The second-order valence-corrected chi connectivity index (χ2v) is 14.4. The third-order valence-electron chi connectivity index (χ3n) is 5.93. The van der Waals surface area contributed by atoms with E-state index >= 15 is 0 Å². The first-order valence-corrected chi connectivity index (χ1v) is 16.9. The number of nitrogens with zero attached hydrogens (tertiary/aromatic N) is 1. The van der Waals surface area contributed by atoms with Crippen LogP contribution in [0.3, 0.4) is 0 Å². The molecule has 1 aromatic heterocycles. The van der Waals surface area contributed by atoms with Crippen LogP contribution in [0, 0.1) is 0 Å². The van der Waals surface area contributed by atoms with Gasteiger partial charge in [-0.3, -0.25) is 0 Å². The average Bonchev–Trinajstić information content (AvgIpc) is 2.83. The van der Waals surface area contributed by atoms with Gasteiger partial charge in [0.1, 0.15) is 12.8 Å². The van der Waals surface area contributed by atoms with Gasteiger partial charge in [-0.2, -0.15) is 17.7 Å². The number of rotatable bonds is 4. The van der Waals surface area contributed by atoms with Crippen molar-refractivity contribution in [3.8, 4) is 11.5 Å². The summed E-state index contributed by atoms with van der Waals surface area (Å²) in [6.45, 7) is 10.9. The molecule has 0 radical (unpaired) electrons. The molecule has 0 spiro atoms. The number of alkyl halides is 3. The Hall–Kier alpha value is -3.06. The molecule has 0 aliphatic rings. The predicted octanol–water partition coefficient (Wildman–Crippen LogP) is 6.28. The van der Waals surface area contributed by atoms with Gasteiger partial charge in [0.2, 0.25) is 20.1 Å². The summed E-state index contributed by atoms with van der Waals surface area (Å²) in [6.07, 6.45) is 0. The van der Waals surface area contributed by atoms with E-state index in [9.17, 15) is 13.2 Å². The molecule has 40 heavy (non-hydrogen) atoms. The number of fused-ring (bicyclic) bond motifs is 2. The third kappa shape index (κ3) is 7.17. The molecule has 1 heterocycles. The maximum absolute atomic E-state index is 10.7. The lowest BCUT2D eigenvalue weighted by Gasteiger charge is -2.22. The molecule has 6 nitrogen and oxygen atoms in total. The molecule has 0 fully saturated rings. The molecule has 0 unspecified atom stereocenters. The predicted molar refractivity (Wildman–Crippen MR) is 155 cm³/mol. The Bertz CT molecular complexity index is 1610. The van der Waals surface area contributed by atoms with Crippen LogP contribution >= 0.6 is 12.2 Å². The van der Waals surface area contributed by atoms with Crippen molar-refractivity contribution in [3.63, 3.8) is 0 Å². The minimum absolute atomic E-state index is 0.0241. The highest BCUT2D eigenvalue weighted by Gasteiger charge is 2.37. The van der Waals surface area contributed by atoms with Crippen molar-refractivity contribution >= 4 is 58.2 Å². The number of halogens is 3. The van der Waals surface area contributed by atoms with Gasteiger partial charge in [-0.15, -0.1) is 0 Å². The quantitative estimate of drug-likeness (QED) is 0.0677. The number of hydrogen-bond donors (Lipinski definition) is 0. The van der Waals surface area contributed by atoms with Crippen LogP contribution in [-0.2, 0) is 22.6 Å². The summed E-state index contributed by atoms with van der Waals surface area (Å²) in [5.41, 5.74) is -1.24. The number of hydrogen-bond acceptors (Lipinski definition) is 6. The molecule has 214 valence electrons. The van der Waals surface area contributed by atoms with Crippen LogP contribution in [0.5, 0.6) is 11.5 Å². The zero-order valence-corrected chi connectivity index (χ0v) is 25.7. The van der Waals surface area contributed by atoms with Crippen molar-refractivity contribution in [2.45, 2.75) is 44.8 Å². The van der Waals surface area contributed by atoms with E-state index in [0.717, 1.165) is 33.1 Å². The summed E-state index contributed by atoms with van der Waals surface area (Å²) in [4.78, 5) is 0. The van der Waals surface area contributed by atoms with Crippen molar-refractivity contribution in [2.24, 2.45) is 7.05 Å². The Labute approximate surface area is 238 Å². The zero-order chi connectivity index (χ0) is 30.0. The van der Waals surface area contributed by atoms with Gasteiger partial charge in [0.25, 0.3) is 0 Å². The monoisotopic (exact) mass is 609 g/mol. The first-order chi connectivity index (χ1) is 18.4. The van der Waals surface area contributed by atoms with Gasteiger partial charge >= 0.3 is 5.51 Å². The summed E-state index contributed by atoms with van der Waals surface area (Å²) >= 11 is 5.90. The number of benzene rings is 3. The molecule has 3 aromatic carbocycles. The minimum atomic E-state index is -6.09. The number of pyridine rings is 1. The normalized spacial score (nSPS) is 12.3. The number of thiocarbonyl (C=S) groups is 1. The highest BCUT2D eigenvalue weighted by molar-refractivity contribution is 7.86. The molecular weight excluding hydrogens is 580 g/mol. The fraction of sp³-hybridized carbons (Fsp3) is 0.286. The van der Waals surface area contributed by atoms with Crippen LogP contribution in [0.25, 0.3) is 21.8 Å². The lowest BCUT2D eigenvalue weighted by atomic mass is 9.87. The maximum Gasteiger partial charge on any atom is 0.485 e. The number of para-hydroxylation sites is 2. The van der Waals surface area contributed by atoms with Crippen LogP contribution in [0.2, 0.25) is 13.1 Å². The Morgan fingerprint density at radius 3 is 1.80 bits per heavy atom. The summed E-state index contributed by atoms with van der Waals surface area (Å²) in [5, 5.41) is 2.60. The standard InChI is InChI=1S/C27H30NO2SSi.CHF3O3S/c1-27(2,3)18-15-16-23(24(17-18)30-32(5)6)29-26(31)25-19-11-7-9-13-21(19)28(4)22-14-10-8-12-20(22)25;2-1(3,4)8(5,6)7/h7-17,32H,1-6H3;(H,5,6,7)/q+1;/p-1. The first-order valence-electron chi connectivity index (χ1n) is 12.3. The van der Waals surface area contributed by atoms with Crippen molar-refractivity contribution < 1.29 is 39.9 Å². The third-order valence-corrected chi connectivity index (χ3v) is 7.51. The lowest BCUT2D eigenvalue weighted by molar-refractivity contribution is -0.617. The van der Waals surface area contributed by atoms with E-state index < -0.39 is 24.7 Å². The van der Waals surface area contributed by atoms with E-state index in [1.54, 1.807) is 0 Å². The topological polar surface area (TPSA) is 79.5 Å². The van der Waals surface area contributed by atoms with Crippen molar-refractivity contribution in [1.29, 1.82) is 0 Å². The Morgan fingerprint density at radius 1 is 0.900 bits per heavy atom. The summed E-state index contributed by atoms with van der Waals surface area (Å²) in [5.74, 6) is 1.45. The number of ether oxygens (including phenoxy) is 1. The SMILES string of the molecule is C[n+]1c2ccccc2c(C(=S)Oc2ccc(C(C)(C)C)cc2O[SiH](C)C)c2ccccc21.O=S(=O)([O-])C(F)(F)F. The van der Waals surface area contributed by atoms with Crippen LogP contribution in [0.4, 0.5) is 13.2 Å². The van der Waals surface area contributed by atoms with Crippen molar-refractivity contribution in [3.05, 3.63) is 77.9 Å². The van der Waals surface area contributed by atoms with Gasteiger partial charge in [-0.25, -0.2) is 8.42 Å². The van der Waals surface area contributed by atoms with Gasteiger partial charge in [0.15, 0.2) is 20.9 Å². The molecule has 4 rings (SSSR count). The number of aromatic nitrogens is 1. The highest BCUT2D eigenvalue weighted by Crippen LogP contribution is 2.35. The second-order valence-electron chi connectivity index (χ2n) is 10.3. The molecular formula is C28H30F3NO5S2Si. The van der Waals surface area contributed by atoms with E-state index in [1.165, 1.54) is 5.56 Å². The van der Waals surface area contributed by atoms with Crippen LogP contribution < -0.4 is 13.7 Å². The fourth-order valence-corrected chi connectivity index (χ4v) is 5.01. The van der Waals surface area contributed by atoms with Crippen molar-refractivity contribution in [1.82, 2.24) is 0 Å². The fourth-order valence-electron chi connectivity index (χ4n) is 4.01. The van der Waals surface area contributed by atoms with Gasteiger partial charge in [-0.1, -0.05) is 51.1 Å². The number of aryl methyl sites for hydroxylation is 1. The Morgan fingerprint density at radius 2 is 1.38 bits per heavy atom. The smallest absolute Gasteiger partial charge is 0.485 e. The van der Waals surface area contributed by atoms with Gasteiger partial charge in [0, 0.05) is 12.1 Å². The molecule has 0 saturated carbocycles. The summed E-state index contributed by atoms with van der Waals surface area (Å²) in [6, 6.07) is 22.8. The van der Waals surface area contributed by atoms with E-state index in [1.807, 2.05) is 18.2 Å². The van der Waals surface area contributed by atoms with Crippen LogP contribution in [-0.4, -0.2) is 32.6 Å². The zero-order valence-electron chi connectivity index (χ0n) is 22.9. The Balaban J connectivity index is 0.000000482. The maximum atomic E-state index is 10.7. The van der Waals surface area contributed by atoms with Gasteiger partial charge < -0.3 is 13.7 Å². The van der Waals surface area contributed by atoms with Crippen molar-refractivity contribution in [2.75, 3.05) is 0 Å². The molecule has 4 aromatic rings. The molecule has 0 bridgehead atoms. The first kappa shape index (κ1) is 31.5. The second kappa shape index (κ2) is 11.8. The molecule has 0 amide bonds. The molecule has 0 aliphatic heterocycles. The van der Waals surface area contributed by atoms with E-state index in [0.29, 0.717) is 10.8 Å². The molecule has 0 aliphatic carbocycles. The summed E-state index contributed by atoms with van der Waals surface area (Å²) in [7, 11) is -5.34.